The van der Waals surface area contributed by atoms with E-state index in [0.717, 1.165) is 27.3 Å². The first-order valence-corrected chi connectivity index (χ1v) is 9.16. The molecule has 2 rings (SSSR count). The Hall–Kier alpha value is -2.14. The van der Waals surface area contributed by atoms with Crippen LogP contribution in [0.2, 0.25) is 0 Å². The monoisotopic (exact) mass is 345 g/mol. The zero-order valence-corrected chi connectivity index (χ0v) is 15.1. The minimum absolute atomic E-state index is 0.0115. The van der Waals surface area contributed by atoms with Crippen molar-refractivity contribution in [1.82, 2.24) is 5.32 Å². The highest BCUT2D eigenvalue weighted by atomic mass is 32.2. The molecule has 0 saturated carbocycles. The third-order valence-corrected chi connectivity index (χ3v) is 5.18. The normalized spacial score (nSPS) is 11.8. The molecule has 0 fully saturated rings. The number of carbonyl (C=O) groups is 1. The van der Waals surface area contributed by atoms with Crippen LogP contribution in [0.1, 0.15) is 16.7 Å². The van der Waals surface area contributed by atoms with Crippen LogP contribution < -0.4 is 10.1 Å². The lowest BCUT2D eigenvalue weighted by atomic mass is 10.1. The summed E-state index contributed by atoms with van der Waals surface area (Å²) in [6.45, 7) is 4.37. The van der Waals surface area contributed by atoms with Crippen LogP contribution in [-0.2, 0) is 22.0 Å². The topological polar surface area (TPSA) is 55.4 Å². The molecule has 1 amide bonds. The number of benzene rings is 2. The molecular formula is C19H23NO3S. The molecule has 0 saturated heterocycles. The van der Waals surface area contributed by atoms with Crippen LogP contribution in [0.4, 0.5) is 0 Å². The molecule has 0 aliphatic carbocycles. The average molecular weight is 345 g/mol. The first kappa shape index (κ1) is 18.2. The number of rotatable bonds is 7. The van der Waals surface area contributed by atoms with Crippen LogP contribution in [0.3, 0.4) is 0 Å². The van der Waals surface area contributed by atoms with E-state index in [1.54, 1.807) is 7.11 Å². The largest absolute Gasteiger partial charge is 0.497 e. The van der Waals surface area contributed by atoms with Crippen LogP contribution in [0, 0.1) is 13.8 Å². The second kappa shape index (κ2) is 8.64. The minimum atomic E-state index is -1.32. The summed E-state index contributed by atoms with van der Waals surface area (Å²) >= 11 is 0. The summed E-state index contributed by atoms with van der Waals surface area (Å²) in [7, 11) is 0.308. The second-order valence-electron chi connectivity index (χ2n) is 5.71. The predicted octanol–water partition coefficient (Wildman–Crippen LogP) is 2.78. The molecule has 0 aromatic heterocycles. The molecule has 2 aromatic rings. The van der Waals surface area contributed by atoms with Gasteiger partial charge in [-0.3, -0.25) is 9.00 Å². The van der Waals surface area contributed by atoms with E-state index >= 15 is 0 Å². The van der Waals surface area contributed by atoms with Crippen molar-refractivity contribution in [3.8, 4) is 5.75 Å². The molecular weight excluding hydrogens is 322 g/mol. The van der Waals surface area contributed by atoms with Crippen molar-refractivity contribution in [3.05, 3.63) is 59.2 Å². The Morgan fingerprint density at radius 1 is 1.17 bits per heavy atom. The summed E-state index contributed by atoms with van der Waals surface area (Å²) in [5.41, 5.74) is 3.08. The van der Waals surface area contributed by atoms with Gasteiger partial charge in [0.2, 0.25) is 5.91 Å². The molecule has 0 bridgehead atoms. The number of aryl methyl sites for hydroxylation is 2. The van der Waals surface area contributed by atoms with E-state index in [2.05, 4.69) is 5.32 Å². The molecule has 1 N–H and O–H groups in total. The maximum absolute atomic E-state index is 12.4. The van der Waals surface area contributed by atoms with Gasteiger partial charge in [-0.2, -0.15) is 0 Å². The molecule has 0 aliphatic rings. The number of hydrogen-bond donors (Lipinski definition) is 1. The standard InChI is InChI=1S/C19H23NO3S/c1-14-7-8-15(2)18(11-14)24(22)13-19(21)20-10-9-16-5-4-6-17(12-16)23-3/h4-8,11-12H,9-10,13H2,1-3H3,(H,20,21). The highest BCUT2D eigenvalue weighted by Gasteiger charge is 2.12. The Morgan fingerprint density at radius 2 is 1.96 bits per heavy atom. The quantitative estimate of drug-likeness (QED) is 0.839. The van der Waals surface area contributed by atoms with E-state index in [4.69, 9.17) is 4.74 Å². The number of carbonyl (C=O) groups excluding carboxylic acids is 1. The van der Waals surface area contributed by atoms with Crippen molar-refractivity contribution in [2.45, 2.75) is 25.2 Å². The summed E-state index contributed by atoms with van der Waals surface area (Å²) in [4.78, 5) is 12.7. The van der Waals surface area contributed by atoms with Gasteiger partial charge < -0.3 is 10.1 Å². The lowest BCUT2D eigenvalue weighted by molar-refractivity contribution is -0.118. The molecule has 24 heavy (non-hydrogen) atoms. The lowest BCUT2D eigenvalue weighted by Crippen LogP contribution is -2.30. The summed E-state index contributed by atoms with van der Waals surface area (Å²) in [5, 5.41) is 2.83. The third kappa shape index (κ3) is 5.20. The van der Waals surface area contributed by atoms with E-state index in [1.165, 1.54) is 0 Å². The van der Waals surface area contributed by atoms with Gasteiger partial charge >= 0.3 is 0 Å². The molecule has 4 nitrogen and oxygen atoms in total. The number of hydrogen-bond acceptors (Lipinski definition) is 3. The predicted molar refractivity (Wildman–Crippen MR) is 96.9 cm³/mol. The number of amides is 1. The highest BCUT2D eigenvalue weighted by molar-refractivity contribution is 7.85. The molecule has 1 unspecified atom stereocenters. The van der Waals surface area contributed by atoms with Gasteiger partial charge in [0.25, 0.3) is 0 Å². The highest BCUT2D eigenvalue weighted by Crippen LogP contribution is 2.15. The third-order valence-electron chi connectivity index (χ3n) is 3.72. The molecule has 0 aliphatic heterocycles. The summed E-state index contributed by atoms with van der Waals surface area (Å²) in [6, 6.07) is 13.5. The Labute approximate surface area is 145 Å². The van der Waals surface area contributed by atoms with Crippen molar-refractivity contribution in [1.29, 1.82) is 0 Å². The van der Waals surface area contributed by atoms with E-state index in [1.807, 2.05) is 56.3 Å². The summed E-state index contributed by atoms with van der Waals surface area (Å²) in [6.07, 6.45) is 0.707. The first-order valence-electron chi connectivity index (χ1n) is 7.85. The summed E-state index contributed by atoms with van der Waals surface area (Å²) in [5.74, 6) is 0.592. The Kier molecular flexibility index (Phi) is 6.55. The van der Waals surface area contributed by atoms with Gasteiger partial charge in [-0.05, 0) is 55.2 Å². The van der Waals surface area contributed by atoms with Gasteiger partial charge in [-0.25, -0.2) is 0 Å². The van der Waals surface area contributed by atoms with E-state index in [9.17, 15) is 9.00 Å². The van der Waals surface area contributed by atoms with Crippen molar-refractivity contribution < 1.29 is 13.7 Å². The fraction of sp³-hybridized carbons (Fsp3) is 0.316. The summed E-state index contributed by atoms with van der Waals surface area (Å²) < 4.78 is 17.6. The SMILES string of the molecule is COc1cccc(CCNC(=O)CS(=O)c2cc(C)ccc2C)c1. The van der Waals surface area contributed by atoms with Gasteiger partial charge in [-0.1, -0.05) is 24.3 Å². The zero-order chi connectivity index (χ0) is 17.5. The molecule has 1 atom stereocenters. The number of ether oxygens (including phenoxy) is 1. The van der Waals surface area contributed by atoms with Gasteiger partial charge in [0.1, 0.15) is 11.5 Å². The lowest BCUT2D eigenvalue weighted by Gasteiger charge is -2.09. The maximum atomic E-state index is 12.4. The van der Waals surface area contributed by atoms with E-state index < -0.39 is 10.8 Å². The smallest absolute Gasteiger partial charge is 0.233 e. The minimum Gasteiger partial charge on any atom is -0.497 e. The molecule has 2 aromatic carbocycles. The Bertz CT molecular complexity index is 743. The zero-order valence-electron chi connectivity index (χ0n) is 14.3. The van der Waals surface area contributed by atoms with Crippen molar-refractivity contribution in [3.63, 3.8) is 0 Å². The maximum Gasteiger partial charge on any atom is 0.233 e. The molecule has 5 heteroatoms. The number of nitrogens with one attached hydrogen (secondary N) is 1. The van der Waals surface area contributed by atoms with Gasteiger partial charge in [0, 0.05) is 11.4 Å². The van der Waals surface area contributed by atoms with E-state index in [-0.39, 0.29) is 11.7 Å². The van der Waals surface area contributed by atoms with Crippen molar-refractivity contribution >= 4 is 16.7 Å². The van der Waals surface area contributed by atoms with Gasteiger partial charge in [0.05, 0.1) is 17.9 Å². The molecule has 0 heterocycles. The molecule has 0 radical (unpaired) electrons. The Balaban J connectivity index is 1.84. The van der Waals surface area contributed by atoms with Crippen LogP contribution in [0.5, 0.6) is 5.75 Å². The van der Waals surface area contributed by atoms with Crippen molar-refractivity contribution in [2.75, 3.05) is 19.4 Å². The van der Waals surface area contributed by atoms with Crippen LogP contribution >= 0.6 is 0 Å². The van der Waals surface area contributed by atoms with Crippen LogP contribution in [0.25, 0.3) is 0 Å². The average Bonchev–Trinajstić information content (AvgIpc) is 2.57. The van der Waals surface area contributed by atoms with Crippen LogP contribution in [-0.4, -0.2) is 29.5 Å². The van der Waals surface area contributed by atoms with E-state index in [0.29, 0.717) is 13.0 Å². The van der Waals surface area contributed by atoms with Gasteiger partial charge in [0.15, 0.2) is 0 Å². The first-order chi connectivity index (χ1) is 11.5. The fourth-order valence-corrected chi connectivity index (χ4v) is 3.61. The molecule has 128 valence electrons. The second-order valence-corrected chi connectivity index (χ2v) is 7.13. The van der Waals surface area contributed by atoms with Gasteiger partial charge in [-0.15, -0.1) is 0 Å². The Morgan fingerprint density at radius 3 is 2.71 bits per heavy atom. The van der Waals surface area contributed by atoms with Crippen LogP contribution in [0.15, 0.2) is 47.4 Å². The number of methoxy groups -OCH3 is 1. The molecule has 0 spiro atoms. The fourth-order valence-electron chi connectivity index (χ4n) is 2.37. The van der Waals surface area contributed by atoms with Crippen molar-refractivity contribution in [2.24, 2.45) is 0 Å².